The highest BCUT2D eigenvalue weighted by Gasteiger charge is 2.13. The van der Waals surface area contributed by atoms with Crippen LogP contribution in [0.3, 0.4) is 0 Å². The van der Waals surface area contributed by atoms with Gasteiger partial charge in [0.1, 0.15) is 0 Å². The van der Waals surface area contributed by atoms with Crippen LogP contribution in [0.4, 0.5) is 0 Å². The van der Waals surface area contributed by atoms with E-state index in [4.69, 9.17) is 4.74 Å². The van der Waals surface area contributed by atoms with E-state index in [2.05, 4.69) is 30.6 Å². The summed E-state index contributed by atoms with van der Waals surface area (Å²) >= 11 is 0. The normalized spacial score (nSPS) is 11.4. The smallest absolute Gasteiger partial charge is 0.305 e. The summed E-state index contributed by atoms with van der Waals surface area (Å²) in [7, 11) is 0. The SMILES string of the molecule is CCCCCCCCCOC(=O)CCCCCCCN(CCO)CCCCCCCC(=O)N(CCCCCCCC)CCCCCCCC. The highest BCUT2D eigenvalue weighted by Crippen LogP contribution is 2.14. The molecule has 0 unspecified atom stereocenters. The summed E-state index contributed by atoms with van der Waals surface area (Å²) in [5.41, 5.74) is 0. The Labute approximate surface area is 306 Å². The maximum Gasteiger partial charge on any atom is 0.305 e. The van der Waals surface area contributed by atoms with E-state index in [9.17, 15) is 14.7 Å². The molecule has 0 aromatic heterocycles. The molecule has 1 amide bonds. The zero-order chi connectivity index (χ0) is 35.9. The maximum atomic E-state index is 13.1. The third kappa shape index (κ3) is 35.1. The Kier molecular flexibility index (Phi) is 38.7. The van der Waals surface area contributed by atoms with Gasteiger partial charge in [0.05, 0.1) is 13.2 Å². The number of hydrogen-bond acceptors (Lipinski definition) is 5. The van der Waals surface area contributed by atoms with Crippen molar-refractivity contribution in [3.63, 3.8) is 0 Å². The molecule has 0 aromatic carbocycles. The number of unbranched alkanes of at least 4 members (excludes halogenated alkanes) is 24. The molecule has 292 valence electrons. The van der Waals surface area contributed by atoms with Crippen molar-refractivity contribution in [3.05, 3.63) is 0 Å². The van der Waals surface area contributed by atoms with Crippen LogP contribution in [0.15, 0.2) is 0 Å². The number of amides is 1. The Morgan fingerprint density at radius 2 is 0.796 bits per heavy atom. The lowest BCUT2D eigenvalue weighted by Crippen LogP contribution is -2.32. The molecule has 0 rings (SSSR count). The molecule has 0 heterocycles. The second-order valence-corrected chi connectivity index (χ2v) is 14.9. The number of rotatable bonds is 40. The van der Waals surface area contributed by atoms with Gasteiger partial charge in [-0.1, -0.05) is 162 Å². The molecule has 0 aromatic rings. The second kappa shape index (κ2) is 39.6. The van der Waals surface area contributed by atoms with Crippen molar-refractivity contribution in [2.24, 2.45) is 0 Å². The molecule has 0 saturated carbocycles. The third-order valence-corrected chi connectivity index (χ3v) is 10.1. The van der Waals surface area contributed by atoms with Crippen LogP contribution in [-0.2, 0) is 14.3 Å². The Morgan fingerprint density at radius 1 is 0.429 bits per heavy atom. The molecular weight excluding hydrogens is 608 g/mol. The van der Waals surface area contributed by atoms with Crippen molar-refractivity contribution in [2.45, 2.75) is 220 Å². The fraction of sp³-hybridized carbons (Fsp3) is 0.953. The van der Waals surface area contributed by atoms with Crippen molar-refractivity contribution >= 4 is 11.9 Å². The molecule has 6 heteroatoms. The van der Waals surface area contributed by atoms with Gasteiger partial charge in [-0.2, -0.15) is 0 Å². The molecule has 0 saturated heterocycles. The van der Waals surface area contributed by atoms with Crippen LogP contribution in [0.1, 0.15) is 220 Å². The summed E-state index contributed by atoms with van der Waals surface area (Å²) in [6.07, 6.45) is 36.5. The fourth-order valence-electron chi connectivity index (χ4n) is 6.76. The number of ether oxygens (including phenoxy) is 1. The van der Waals surface area contributed by atoms with Crippen LogP contribution >= 0.6 is 0 Å². The Hall–Kier alpha value is -1.14. The lowest BCUT2D eigenvalue weighted by molar-refractivity contribution is -0.144. The molecule has 0 atom stereocenters. The zero-order valence-electron chi connectivity index (χ0n) is 33.4. The van der Waals surface area contributed by atoms with Gasteiger partial charge in [0.2, 0.25) is 5.91 Å². The van der Waals surface area contributed by atoms with Gasteiger partial charge < -0.3 is 19.6 Å². The van der Waals surface area contributed by atoms with E-state index >= 15 is 0 Å². The molecular formula is C43H86N2O4. The minimum Gasteiger partial charge on any atom is -0.466 e. The number of carbonyl (C=O) groups is 2. The number of carbonyl (C=O) groups excluding carboxylic acids is 2. The largest absolute Gasteiger partial charge is 0.466 e. The van der Waals surface area contributed by atoms with Crippen molar-refractivity contribution in [1.82, 2.24) is 9.80 Å². The molecule has 0 spiro atoms. The monoisotopic (exact) mass is 695 g/mol. The lowest BCUT2D eigenvalue weighted by Gasteiger charge is -2.23. The first kappa shape index (κ1) is 47.9. The van der Waals surface area contributed by atoms with Gasteiger partial charge in [-0.05, 0) is 58.0 Å². The van der Waals surface area contributed by atoms with E-state index in [1.165, 1.54) is 122 Å². The summed E-state index contributed by atoms with van der Waals surface area (Å²) in [6.45, 7) is 12.3. The van der Waals surface area contributed by atoms with Gasteiger partial charge in [-0.25, -0.2) is 0 Å². The second-order valence-electron chi connectivity index (χ2n) is 14.9. The van der Waals surface area contributed by atoms with Crippen LogP contribution in [0.2, 0.25) is 0 Å². The predicted octanol–water partition coefficient (Wildman–Crippen LogP) is 11.8. The molecule has 0 radical (unpaired) electrons. The maximum absolute atomic E-state index is 13.1. The van der Waals surface area contributed by atoms with E-state index < -0.39 is 0 Å². The predicted molar refractivity (Wildman–Crippen MR) is 211 cm³/mol. The van der Waals surface area contributed by atoms with Crippen LogP contribution < -0.4 is 0 Å². The molecule has 0 fully saturated rings. The van der Waals surface area contributed by atoms with Gasteiger partial charge in [-0.15, -0.1) is 0 Å². The molecule has 49 heavy (non-hydrogen) atoms. The summed E-state index contributed by atoms with van der Waals surface area (Å²) in [5, 5.41) is 9.55. The average Bonchev–Trinajstić information content (AvgIpc) is 3.10. The molecule has 0 aliphatic heterocycles. The Balaban J connectivity index is 3.97. The third-order valence-electron chi connectivity index (χ3n) is 10.1. The van der Waals surface area contributed by atoms with Gasteiger partial charge in [0.15, 0.2) is 0 Å². The topological polar surface area (TPSA) is 70.1 Å². The van der Waals surface area contributed by atoms with Crippen molar-refractivity contribution in [2.75, 3.05) is 45.9 Å². The van der Waals surface area contributed by atoms with E-state index in [1.807, 2.05) is 0 Å². The molecule has 1 N–H and O–H groups in total. The van der Waals surface area contributed by atoms with Crippen LogP contribution in [0.5, 0.6) is 0 Å². The van der Waals surface area contributed by atoms with Gasteiger partial charge >= 0.3 is 5.97 Å². The zero-order valence-corrected chi connectivity index (χ0v) is 33.4. The van der Waals surface area contributed by atoms with E-state index in [-0.39, 0.29) is 12.6 Å². The lowest BCUT2D eigenvalue weighted by atomic mass is 10.1. The van der Waals surface area contributed by atoms with Crippen LogP contribution in [0, 0.1) is 0 Å². The Morgan fingerprint density at radius 3 is 1.24 bits per heavy atom. The number of nitrogens with zero attached hydrogens (tertiary/aromatic N) is 2. The number of hydrogen-bond donors (Lipinski definition) is 1. The highest BCUT2D eigenvalue weighted by atomic mass is 16.5. The van der Waals surface area contributed by atoms with Crippen molar-refractivity contribution in [1.29, 1.82) is 0 Å². The minimum absolute atomic E-state index is 0.0272. The minimum atomic E-state index is -0.0272. The average molecular weight is 695 g/mol. The van der Waals surface area contributed by atoms with Gasteiger partial charge in [0.25, 0.3) is 0 Å². The van der Waals surface area contributed by atoms with E-state index in [0.717, 1.165) is 96.9 Å². The number of aliphatic hydroxyl groups is 1. The first-order valence-electron chi connectivity index (χ1n) is 21.9. The molecule has 0 aliphatic carbocycles. The van der Waals surface area contributed by atoms with Crippen molar-refractivity contribution in [3.8, 4) is 0 Å². The molecule has 6 nitrogen and oxygen atoms in total. The standard InChI is InChI=1S/C43H86N2O4/c1-4-7-10-13-16-25-32-41-49-43(48)34-27-20-18-22-29-36-44(39-40-46)35-28-21-17-19-26-33-42(47)45(37-30-23-14-11-8-5-2)38-31-24-15-12-9-6-3/h46H,4-41H2,1-3H3. The molecule has 0 aliphatic rings. The van der Waals surface area contributed by atoms with Gasteiger partial charge in [0, 0.05) is 32.5 Å². The highest BCUT2D eigenvalue weighted by molar-refractivity contribution is 5.76. The summed E-state index contributed by atoms with van der Waals surface area (Å²) in [6, 6.07) is 0. The first-order chi connectivity index (χ1) is 24.1. The van der Waals surface area contributed by atoms with E-state index in [0.29, 0.717) is 25.4 Å². The first-order valence-corrected chi connectivity index (χ1v) is 21.9. The quantitative estimate of drug-likeness (QED) is 0.0511. The summed E-state index contributed by atoms with van der Waals surface area (Å²) in [5.74, 6) is 0.357. The van der Waals surface area contributed by atoms with Crippen molar-refractivity contribution < 1.29 is 19.4 Å². The number of esters is 1. The Bertz CT molecular complexity index is 673. The number of aliphatic hydroxyl groups excluding tert-OH is 1. The summed E-state index contributed by atoms with van der Waals surface area (Å²) in [4.78, 5) is 29.7. The van der Waals surface area contributed by atoms with Crippen LogP contribution in [-0.4, -0.2) is 72.7 Å². The summed E-state index contributed by atoms with van der Waals surface area (Å²) < 4.78 is 5.41. The molecule has 0 bridgehead atoms. The fourth-order valence-corrected chi connectivity index (χ4v) is 6.76. The van der Waals surface area contributed by atoms with E-state index in [1.54, 1.807) is 0 Å². The van der Waals surface area contributed by atoms with Crippen LogP contribution in [0.25, 0.3) is 0 Å². The van der Waals surface area contributed by atoms with Gasteiger partial charge in [-0.3, -0.25) is 9.59 Å².